The number of carbonyl (C=O) groups excluding carboxylic acids is 2. The summed E-state index contributed by atoms with van der Waals surface area (Å²) in [6.45, 7) is 13.4. The van der Waals surface area contributed by atoms with Crippen LogP contribution in [0.2, 0.25) is 0 Å². The predicted octanol–water partition coefficient (Wildman–Crippen LogP) is 7.08. The molecule has 6 unspecified atom stereocenters. The van der Waals surface area contributed by atoms with Crippen LogP contribution in [0.15, 0.2) is 59.6 Å². The van der Waals surface area contributed by atoms with Crippen LogP contribution >= 0.6 is 0 Å². The van der Waals surface area contributed by atoms with Gasteiger partial charge in [0.1, 0.15) is 12.0 Å². The summed E-state index contributed by atoms with van der Waals surface area (Å²) < 4.78 is 1.94. The Bertz CT molecular complexity index is 1930. The van der Waals surface area contributed by atoms with Gasteiger partial charge in [-0.15, -0.1) is 0 Å². The monoisotopic (exact) mass is 733 g/mol. The molecule has 54 heavy (non-hydrogen) atoms. The Morgan fingerprint density at radius 2 is 1.76 bits per heavy atom. The zero-order valence-electron chi connectivity index (χ0n) is 32.9. The maximum absolute atomic E-state index is 13.8. The van der Waals surface area contributed by atoms with Crippen molar-refractivity contribution in [2.75, 3.05) is 37.6 Å². The van der Waals surface area contributed by atoms with Crippen molar-refractivity contribution in [3.8, 4) is 11.1 Å². The summed E-state index contributed by atoms with van der Waals surface area (Å²) in [5, 5.41) is 22.1. The number of nitrogens with zero attached hydrogens (tertiary/aromatic N) is 5. The molecule has 2 amide bonds. The molecule has 1 aromatic carbocycles. The fourth-order valence-corrected chi connectivity index (χ4v) is 10.8. The predicted molar refractivity (Wildman–Crippen MR) is 214 cm³/mol. The first-order chi connectivity index (χ1) is 26.0. The molecule has 5 aliphatic rings. The van der Waals surface area contributed by atoms with Gasteiger partial charge in [0.2, 0.25) is 5.91 Å². The maximum atomic E-state index is 13.8. The Balaban J connectivity index is 0.904. The van der Waals surface area contributed by atoms with Crippen LogP contribution in [-0.2, 0) is 4.79 Å². The number of aliphatic hydroxyl groups excluding tert-OH is 1. The van der Waals surface area contributed by atoms with Gasteiger partial charge in [0.05, 0.1) is 17.3 Å². The molecule has 288 valence electrons. The minimum Gasteiger partial charge on any atom is -0.370 e. The van der Waals surface area contributed by atoms with Crippen molar-refractivity contribution in [3.63, 3.8) is 0 Å². The third-order valence-corrected chi connectivity index (χ3v) is 13.6. The standard InChI is InChI=1S/C44H59N7O3/c1-26(2)51-40-22-34(21-37(39(40)25-47-51)42(52)46-24-38-28(4)16-29(5)48-43(38)53)33-9-11-41(45-23-33)49-12-14-50(15-13-49)44(54)27(3)6-8-32-19-31-17-30-7-10-36(32)35(18-30)20-31/h9,11,16,21-23,25-27,30-32,35-36,43,48,53H,6-8,10,12-15,17-20,24H2,1-5H3,(H,46,52)/t27-,30?,31?,32?,35?,36?,43?/m1/s1. The van der Waals surface area contributed by atoms with Crippen LogP contribution in [0.3, 0.4) is 0 Å². The Hall–Kier alpha value is -4.18. The molecule has 4 heterocycles. The summed E-state index contributed by atoms with van der Waals surface area (Å²) in [6.07, 6.45) is 15.8. The fraction of sp³-hybridized carbons (Fsp3) is 0.591. The van der Waals surface area contributed by atoms with Crippen molar-refractivity contribution in [2.45, 2.75) is 98.3 Å². The van der Waals surface area contributed by atoms with E-state index in [9.17, 15) is 14.7 Å². The van der Waals surface area contributed by atoms with Gasteiger partial charge in [0.25, 0.3) is 5.91 Å². The average Bonchev–Trinajstić information content (AvgIpc) is 3.60. The number of carbonyl (C=O) groups is 2. The van der Waals surface area contributed by atoms with Crippen LogP contribution < -0.4 is 15.5 Å². The summed E-state index contributed by atoms with van der Waals surface area (Å²) in [7, 11) is 0. The molecular weight excluding hydrogens is 675 g/mol. The zero-order chi connectivity index (χ0) is 37.7. The van der Waals surface area contributed by atoms with Crippen molar-refractivity contribution < 1.29 is 14.7 Å². The van der Waals surface area contributed by atoms with E-state index in [1.54, 1.807) is 6.20 Å². The molecule has 3 aromatic rings. The Kier molecular flexibility index (Phi) is 10.3. The number of benzene rings is 1. The van der Waals surface area contributed by atoms with E-state index < -0.39 is 6.23 Å². The number of piperazine rings is 1. The first-order valence-corrected chi connectivity index (χ1v) is 20.6. The highest BCUT2D eigenvalue weighted by molar-refractivity contribution is 6.08. The number of hydrogen-bond acceptors (Lipinski definition) is 7. The number of anilines is 1. The molecule has 3 saturated carbocycles. The third kappa shape index (κ3) is 7.30. The molecule has 2 aromatic heterocycles. The summed E-state index contributed by atoms with van der Waals surface area (Å²) in [4.78, 5) is 36.6. The Morgan fingerprint density at radius 1 is 0.963 bits per heavy atom. The maximum Gasteiger partial charge on any atom is 0.252 e. The summed E-state index contributed by atoms with van der Waals surface area (Å²) in [5.74, 6) is 5.78. The average molecular weight is 734 g/mol. The smallest absolute Gasteiger partial charge is 0.252 e. The van der Waals surface area contributed by atoms with E-state index in [1.807, 2.05) is 42.9 Å². The number of aromatic nitrogens is 3. The Morgan fingerprint density at radius 3 is 2.50 bits per heavy atom. The fourth-order valence-electron chi connectivity index (χ4n) is 10.8. The van der Waals surface area contributed by atoms with Crippen molar-refractivity contribution in [1.29, 1.82) is 0 Å². The van der Waals surface area contributed by atoms with E-state index in [1.165, 1.54) is 44.9 Å². The number of hydrogen-bond donors (Lipinski definition) is 3. The van der Waals surface area contributed by atoms with E-state index in [-0.39, 0.29) is 24.4 Å². The van der Waals surface area contributed by atoms with Gasteiger partial charge in [0.15, 0.2) is 0 Å². The van der Waals surface area contributed by atoms with Crippen LogP contribution in [0.5, 0.6) is 0 Å². The molecule has 10 heteroatoms. The van der Waals surface area contributed by atoms with Crippen LogP contribution in [-0.4, -0.2) is 75.5 Å². The van der Waals surface area contributed by atoms with E-state index in [0.29, 0.717) is 11.5 Å². The normalized spacial score (nSPS) is 27.3. The van der Waals surface area contributed by atoms with Gasteiger partial charge in [-0.2, -0.15) is 5.10 Å². The lowest BCUT2D eigenvalue weighted by atomic mass is 9.53. The number of allylic oxidation sites excluding steroid dienone is 3. The van der Waals surface area contributed by atoms with Crippen molar-refractivity contribution in [2.24, 2.45) is 35.5 Å². The van der Waals surface area contributed by atoms with Gasteiger partial charge in [-0.1, -0.05) is 13.3 Å². The molecule has 2 aliphatic heterocycles. The van der Waals surface area contributed by atoms with Gasteiger partial charge >= 0.3 is 0 Å². The second kappa shape index (κ2) is 15.2. The van der Waals surface area contributed by atoms with Gasteiger partial charge in [-0.25, -0.2) is 4.98 Å². The highest BCUT2D eigenvalue weighted by Gasteiger charge is 2.45. The molecular formula is C44H59N7O3. The van der Waals surface area contributed by atoms with Gasteiger partial charge in [-0.3, -0.25) is 14.3 Å². The van der Waals surface area contributed by atoms with E-state index in [0.717, 1.165) is 107 Å². The second-order valence-corrected chi connectivity index (χ2v) is 17.5. The van der Waals surface area contributed by atoms with Crippen LogP contribution in [0, 0.1) is 35.5 Å². The largest absolute Gasteiger partial charge is 0.370 e. The molecule has 3 N–H and O–H groups in total. The van der Waals surface area contributed by atoms with Crippen molar-refractivity contribution in [3.05, 3.63) is 65.1 Å². The lowest BCUT2D eigenvalue weighted by Gasteiger charge is -2.52. The molecule has 3 aliphatic carbocycles. The molecule has 3 bridgehead atoms. The molecule has 0 radical (unpaired) electrons. The molecule has 7 atom stereocenters. The molecule has 8 rings (SSSR count). The quantitative estimate of drug-likeness (QED) is 0.204. The van der Waals surface area contributed by atoms with Crippen molar-refractivity contribution in [1.82, 2.24) is 30.3 Å². The third-order valence-electron chi connectivity index (χ3n) is 13.6. The molecule has 4 fully saturated rings. The number of fused-ring (bicyclic) bond motifs is 3. The first-order valence-electron chi connectivity index (χ1n) is 20.6. The van der Waals surface area contributed by atoms with Crippen LogP contribution in [0.25, 0.3) is 22.0 Å². The number of nitrogens with one attached hydrogen (secondary N) is 2. The van der Waals surface area contributed by atoms with Crippen molar-refractivity contribution >= 4 is 28.5 Å². The van der Waals surface area contributed by atoms with Gasteiger partial charge < -0.3 is 25.5 Å². The lowest BCUT2D eigenvalue weighted by molar-refractivity contribution is -0.135. The SMILES string of the molecule is CC1=CC(C)=C(CNC(=O)c2cc(-c3ccc(N4CCN(C(=O)[C@H](C)CCC5CC6CC7CCC5C(C7)C6)CC4)nc3)cc3c2cnn3C(C)C)C(O)N1. The Labute approximate surface area is 320 Å². The highest BCUT2D eigenvalue weighted by atomic mass is 16.3. The minimum absolute atomic E-state index is 0.0851. The number of pyridine rings is 1. The number of dihydropyridines is 1. The molecule has 0 spiro atoms. The van der Waals surface area contributed by atoms with E-state index in [2.05, 4.69) is 58.4 Å². The zero-order valence-corrected chi connectivity index (χ0v) is 32.9. The minimum atomic E-state index is -0.840. The summed E-state index contributed by atoms with van der Waals surface area (Å²) >= 11 is 0. The lowest BCUT2D eigenvalue weighted by Crippen LogP contribution is -2.50. The van der Waals surface area contributed by atoms with Gasteiger partial charge in [0, 0.05) is 73.1 Å². The summed E-state index contributed by atoms with van der Waals surface area (Å²) in [5.41, 5.74) is 5.78. The summed E-state index contributed by atoms with van der Waals surface area (Å²) in [6, 6.07) is 8.23. The van der Waals surface area contributed by atoms with E-state index in [4.69, 9.17) is 4.98 Å². The van der Waals surface area contributed by atoms with Gasteiger partial charge in [-0.05, 0) is 144 Å². The van der Waals surface area contributed by atoms with Crippen LogP contribution in [0.1, 0.15) is 102 Å². The topological polar surface area (TPSA) is 116 Å². The number of rotatable bonds is 10. The highest BCUT2D eigenvalue weighted by Crippen LogP contribution is 2.55. The van der Waals surface area contributed by atoms with E-state index >= 15 is 0 Å². The first kappa shape index (κ1) is 36.8. The number of amides is 2. The van der Waals surface area contributed by atoms with Crippen LogP contribution in [0.4, 0.5) is 5.82 Å². The molecule has 10 nitrogen and oxygen atoms in total. The molecule has 1 saturated heterocycles. The number of aliphatic hydroxyl groups is 1. The second-order valence-electron chi connectivity index (χ2n) is 17.5.